The fourth-order valence-electron chi connectivity index (χ4n) is 5.07. The van der Waals surface area contributed by atoms with Crippen molar-refractivity contribution in [1.29, 1.82) is 0 Å². The molecule has 1 aromatic carbocycles. The number of aromatic nitrogens is 6. The average Bonchev–Trinajstić information content (AvgIpc) is 3.57. The van der Waals surface area contributed by atoms with E-state index in [4.69, 9.17) is 9.97 Å². The minimum Gasteiger partial charge on any atom is -0.367 e. The van der Waals surface area contributed by atoms with E-state index in [9.17, 15) is 8.42 Å². The van der Waals surface area contributed by atoms with Gasteiger partial charge in [-0.1, -0.05) is 18.2 Å². The van der Waals surface area contributed by atoms with E-state index in [0.29, 0.717) is 5.82 Å². The second-order valence-corrected chi connectivity index (χ2v) is 12.4. The highest BCUT2D eigenvalue weighted by atomic mass is 32.2. The first-order valence-corrected chi connectivity index (χ1v) is 14.6. The van der Waals surface area contributed by atoms with Crippen LogP contribution in [0.2, 0.25) is 0 Å². The summed E-state index contributed by atoms with van der Waals surface area (Å²) in [6.45, 7) is 0. The summed E-state index contributed by atoms with van der Waals surface area (Å²) < 4.78 is 31.2. The van der Waals surface area contributed by atoms with Gasteiger partial charge in [-0.25, -0.2) is 23.1 Å². The second kappa shape index (κ2) is 9.95. The van der Waals surface area contributed by atoms with Crippen LogP contribution in [0, 0.1) is 0 Å². The molecule has 0 spiro atoms. The van der Waals surface area contributed by atoms with Gasteiger partial charge in [-0.05, 0) is 50.2 Å². The van der Waals surface area contributed by atoms with Crippen molar-refractivity contribution in [3.05, 3.63) is 55.2 Å². The molecule has 0 saturated heterocycles. The lowest BCUT2D eigenvalue weighted by molar-refractivity contribution is 0.387. The Balaban J connectivity index is 1.24. The zero-order valence-electron chi connectivity index (χ0n) is 21.6. The van der Waals surface area contributed by atoms with Gasteiger partial charge in [-0.15, -0.1) is 0 Å². The molecular weight excluding hydrogens is 500 g/mol. The lowest BCUT2D eigenvalue weighted by Crippen LogP contribution is -2.41. The Bertz CT molecular complexity index is 1550. The molecule has 6 rings (SSSR count). The van der Waals surface area contributed by atoms with Crippen molar-refractivity contribution in [3.8, 4) is 33.6 Å². The maximum atomic E-state index is 12.4. The normalized spacial score (nSPS) is 19.9. The number of sulfonamides is 1. The minimum absolute atomic E-state index is 0.00706. The van der Waals surface area contributed by atoms with Crippen LogP contribution in [0.4, 0.5) is 5.82 Å². The van der Waals surface area contributed by atoms with E-state index in [0.717, 1.165) is 72.2 Å². The van der Waals surface area contributed by atoms with Crippen LogP contribution in [0.5, 0.6) is 0 Å². The Kier molecular flexibility index (Phi) is 6.48. The fourth-order valence-corrected chi connectivity index (χ4v) is 6.72. The van der Waals surface area contributed by atoms with Crippen molar-refractivity contribution in [2.75, 3.05) is 5.32 Å². The quantitative estimate of drug-likeness (QED) is 0.355. The molecule has 3 heterocycles. The molecule has 2 aliphatic carbocycles. The Morgan fingerprint density at radius 1 is 0.816 bits per heavy atom. The Morgan fingerprint density at radius 2 is 1.47 bits per heavy atom. The van der Waals surface area contributed by atoms with Gasteiger partial charge >= 0.3 is 0 Å². The predicted molar refractivity (Wildman–Crippen MR) is 147 cm³/mol. The third-order valence-corrected chi connectivity index (χ3v) is 9.34. The summed E-state index contributed by atoms with van der Waals surface area (Å²) in [6, 6.07) is 8.35. The van der Waals surface area contributed by atoms with Crippen molar-refractivity contribution >= 4 is 15.8 Å². The standard InChI is InChI=1S/C27H32N8O2S/c1-34-16-20(13-29-34)18-4-3-5-19(12-18)26-28-15-25(21-14-30-35(2)17-21)27(32-26)31-22-6-8-23(9-7-22)33-38(36,37)24-10-11-24/h3-5,12-17,22-24,33H,6-11H2,1-2H3,(H,28,31,32)/t22-,23+. The molecular formula is C27H32N8O2S. The van der Waals surface area contributed by atoms with Gasteiger partial charge in [0.2, 0.25) is 10.0 Å². The largest absolute Gasteiger partial charge is 0.367 e. The molecule has 0 amide bonds. The topological polar surface area (TPSA) is 120 Å². The number of aryl methyl sites for hydroxylation is 2. The van der Waals surface area contributed by atoms with E-state index in [1.54, 1.807) is 9.36 Å². The van der Waals surface area contributed by atoms with Gasteiger partial charge in [0, 0.05) is 67.0 Å². The van der Waals surface area contributed by atoms with Crippen molar-refractivity contribution < 1.29 is 8.42 Å². The van der Waals surface area contributed by atoms with Gasteiger partial charge in [0.05, 0.1) is 17.6 Å². The molecule has 0 atom stereocenters. The summed E-state index contributed by atoms with van der Waals surface area (Å²) in [6.07, 6.45) is 14.3. The van der Waals surface area contributed by atoms with Crippen LogP contribution in [0.3, 0.4) is 0 Å². The van der Waals surface area contributed by atoms with Gasteiger partial charge in [-0.2, -0.15) is 10.2 Å². The smallest absolute Gasteiger partial charge is 0.214 e. The molecule has 0 bridgehead atoms. The highest BCUT2D eigenvalue weighted by molar-refractivity contribution is 7.90. The lowest BCUT2D eigenvalue weighted by Gasteiger charge is -2.30. The second-order valence-electron chi connectivity index (χ2n) is 10.4. The Morgan fingerprint density at radius 3 is 2.13 bits per heavy atom. The average molecular weight is 533 g/mol. The molecule has 3 aromatic heterocycles. The highest BCUT2D eigenvalue weighted by Gasteiger charge is 2.37. The van der Waals surface area contributed by atoms with Crippen molar-refractivity contribution in [1.82, 2.24) is 34.3 Å². The molecule has 10 nitrogen and oxygen atoms in total. The first kappa shape index (κ1) is 24.7. The minimum atomic E-state index is -3.17. The summed E-state index contributed by atoms with van der Waals surface area (Å²) in [7, 11) is 0.625. The van der Waals surface area contributed by atoms with Crippen molar-refractivity contribution in [3.63, 3.8) is 0 Å². The van der Waals surface area contributed by atoms with Crippen LogP contribution in [0.1, 0.15) is 38.5 Å². The third kappa shape index (κ3) is 5.34. The summed E-state index contributed by atoms with van der Waals surface area (Å²) in [5, 5.41) is 12.1. The lowest BCUT2D eigenvalue weighted by atomic mass is 9.91. The van der Waals surface area contributed by atoms with Crippen LogP contribution in [0.25, 0.3) is 33.6 Å². The van der Waals surface area contributed by atoms with E-state index in [1.165, 1.54) is 0 Å². The molecule has 2 saturated carbocycles. The molecule has 0 aliphatic heterocycles. The van der Waals surface area contributed by atoms with Gasteiger partial charge in [0.15, 0.2) is 5.82 Å². The maximum Gasteiger partial charge on any atom is 0.214 e. The van der Waals surface area contributed by atoms with Gasteiger partial charge in [-0.3, -0.25) is 9.36 Å². The monoisotopic (exact) mass is 532 g/mol. The molecule has 0 unspecified atom stereocenters. The zero-order chi connectivity index (χ0) is 26.3. The van der Waals surface area contributed by atoms with E-state index < -0.39 is 10.0 Å². The van der Waals surface area contributed by atoms with E-state index in [1.807, 2.05) is 57.2 Å². The van der Waals surface area contributed by atoms with E-state index in [-0.39, 0.29) is 17.3 Å². The van der Waals surface area contributed by atoms with Crippen molar-refractivity contribution in [2.24, 2.45) is 14.1 Å². The summed E-state index contributed by atoms with van der Waals surface area (Å²) in [4.78, 5) is 9.70. The van der Waals surface area contributed by atoms with Gasteiger partial charge in [0.25, 0.3) is 0 Å². The van der Waals surface area contributed by atoms with Crippen LogP contribution in [-0.2, 0) is 24.1 Å². The number of rotatable bonds is 8. The summed E-state index contributed by atoms with van der Waals surface area (Å²) in [5.74, 6) is 1.40. The number of hydrogen-bond donors (Lipinski definition) is 2. The van der Waals surface area contributed by atoms with Crippen LogP contribution in [-0.4, -0.2) is 55.3 Å². The first-order chi connectivity index (χ1) is 18.3. The van der Waals surface area contributed by atoms with Crippen LogP contribution >= 0.6 is 0 Å². The van der Waals surface area contributed by atoms with Gasteiger partial charge in [0.1, 0.15) is 5.82 Å². The number of anilines is 1. The van der Waals surface area contributed by atoms with Crippen LogP contribution in [0.15, 0.2) is 55.2 Å². The number of hydrogen-bond acceptors (Lipinski definition) is 7. The molecule has 0 radical (unpaired) electrons. The number of nitrogens with zero attached hydrogens (tertiary/aromatic N) is 6. The summed E-state index contributed by atoms with van der Waals surface area (Å²) in [5.41, 5.74) is 4.84. The SMILES string of the molecule is Cn1cc(-c2cccc(-c3ncc(-c4cnn(C)c4)c(N[C@H]4CC[C@@H](NS(=O)(=O)C5CC5)CC4)n3)c2)cn1. The number of benzene rings is 1. The fraction of sp³-hybridized carbons (Fsp3) is 0.407. The molecule has 38 heavy (non-hydrogen) atoms. The molecule has 2 fully saturated rings. The van der Waals surface area contributed by atoms with Crippen LogP contribution < -0.4 is 10.0 Å². The van der Waals surface area contributed by atoms with E-state index >= 15 is 0 Å². The Hall–Kier alpha value is -3.57. The maximum absolute atomic E-state index is 12.4. The third-order valence-electron chi connectivity index (χ3n) is 7.33. The predicted octanol–water partition coefficient (Wildman–Crippen LogP) is 3.75. The molecule has 2 aliphatic rings. The van der Waals surface area contributed by atoms with E-state index in [2.05, 4.69) is 32.4 Å². The molecule has 2 N–H and O–H groups in total. The molecule has 11 heteroatoms. The molecule has 198 valence electrons. The summed E-state index contributed by atoms with van der Waals surface area (Å²) >= 11 is 0. The highest BCUT2D eigenvalue weighted by Crippen LogP contribution is 2.33. The zero-order valence-corrected chi connectivity index (χ0v) is 22.4. The molecule has 4 aromatic rings. The van der Waals surface area contributed by atoms with Gasteiger partial charge < -0.3 is 5.32 Å². The van der Waals surface area contributed by atoms with Crippen molar-refractivity contribution in [2.45, 2.75) is 55.9 Å². The Labute approximate surface area is 222 Å². The first-order valence-electron chi connectivity index (χ1n) is 13.1. The number of nitrogens with one attached hydrogen (secondary N) is 2.